The van der Waals surface area contributed by atoms with Crippen LogP contribution < -0.4 is 10.6 Å². The Morgan fingerprint density at radius 2 is 1.90 bits per heavy atom. The molecule has 0 saturated carbocycles. The molecule has 3 nitrogen and oxygen atoms in total. The molecule has 0 fully saturated rings. The normalized spacial score (nSPS) is 10.1. The minimum absolute atomic E-state index is 0.169. The molecule has 0 aliphatic heterocycles. The standard InChI is InChI=1S/C16H17FN2O/c1-2-18-15-8-6-13(7-9-15)16(20)19-11-12-4-3-5-14(17)10-12/h3-10,18H,2,11H2,1H3,(H,19,20). The van der Waals surface area contributed by atoms with E-state index in [1.54, 1.807) is 24.3 Å². The van der Waals surface area contributed by atoms with Crippen molar-refractivity contribution in [1.82, 2.24) is 5.32 Å². The van der Waals surface area contributed by atoms with Gasteiger partial charge in [-0.1, -0.05) is 12.1 Å². The summed E-state index contributed by atoms with van der Waals surface area (Å²) in [7, 11) is 0. The summed E-state index contributed by atoms with van der Waals surface area (Å²) in [5, 5.41) is 5.93. The number of amides is 1. The third kappa shape index (κ3) is 3.82. The quantitative estimate of drug-likeness (QED) is 0.877. The minimum atomic E-state index is -0.299. The summed E-state index contributed by atoms with van der Waals surface area (Å²) in [6, 6.07) is 13.4. The first-order valence-corrected chi connectivity index (χ1v) is 6.55. The summed E-state index contributed by atoms with van der Waals surface area (Å²) >= 11 is 0. The molecule has 0 bridgehead atoms. The predicted octanol–water partition coefficient (Wildman–Crippen LogP) is 3.19. The lowest BCUT2D eigenvalue weighted by Gasteiger charge is -2.07. The second kappa shape index (κ2) is 6.70. The smallest absolute Gasteiger partial charge is 0.251 e. The van der Waals surface area contributed by atoms with E-state index in [9.17, 15) is 9.18 Å². The molecular weight excluding hydrogens is 255 g/mol. The van der Waals surface area contributed by atoms with E-state index in [4.69, 9.17) is 0 Å². The highest BCUT2D eigenvalue weighted by molar-refractivity contribution is 5.94. The molecule has 2 aromatic carbocycles. The Bertz CT molecular complexity index is 581. The van der Waals surface area contributed by atoms with Crippen LogP contribution >= 0.6 is 0 Å². The summed E-state index contributed by atoms with van der Waals surface area (Å²) < 4.78 is 13.0. The molecule has 2 N–H and O–H groups in total. The van der Waals surface area contributed by atoms with Crippen LogP contribution in [0.2, 0.25) is 0 Å². The molecule has 2 aromatic rings. The van der Waals surface area contributed by atoms with Crippen LogP contribution in [-0.4, -0.2) is 12.5 Å². The largest absolute Gasteiger partial charge is 0.385 e. The highest BCUT2D eigenvalue weighted by Crippen LogP contribution is 2.09. The van der Waals surface area contributed by atoms with Gasteiger partial charge in [-0.25, -0.2) is 4.39 Å². The molecule has 0 radical (unpaired) electrons. The summed E-state index contributed by atoms with van der Waals surface area (Å²) in [6.45, 7) is 3.16. The fourth-order valence-corrected chi connectivity index (χ4v) is 1.87. The summed E-state index contributed by atoms with van der Waals surface area (Å²) in [5.74, 6) is -0.468. The number of rotatable bonds is 5. The lowest BCUT2D eigenvalue weighted by molar-refractivity contribution is 0.0951. The minimum Gasteiger partial charge on any atom is -0.385 e. The number of halogens is 1. The zero-order valence-electron chi connectivity index (χ0n) is 11.3. The van der Waals surface area contributed by atoms with Crippen LogP contribution in [0.15, 0.2) is 48.5 Å². The maximum absolute atomic E-state index is 13.0. The molecule has 0 spiro atoms. The van der Waals surface area contributed by atoms with Gasteiger partial charge in [-0.3, -0.25) is 4.79 Å². The van der Waals surface area contributed by atoms with Crippen molar-refractivity contribution in [3.63, 3.8) is 0 Å². The van der Waals surface area contributed by atoms with Crippen LogP contribution in [0, 0.1) is 5.82 Å². The molecule has 104 valence electrons. The Kier molecular flexibility index (Phi) is 4.71. The lowest BCUT2D eigenvalue weighted by atomic mass is 10.1. The van der Waals surface area contributed by atoms with E-state index in [-0.39, 0.29) is 11.7 Å². The molecule has 4 heteroatoms. The van der Waals surface area contributed by atoms with E-state index in [1.807, 2.05) is 19.1 Å². The fraction of sp³-hybridized carbons (Fsp3) is 0.188. The number of hydrogen-bond donors (Lipinski definition) is 2. The number of anilines is 1. The van der Waals surface area contributed by atoms with Crippen molar-refractivity contribution in [3.05, 3.63) is 65.5 Å². The van der Waals surface area contributed by atoms with E-state index in [1.165, 1.54) is 12.1 Å². The number of nitrogens with one attached hydrogen (secondary N) is 2. The Morgan fingerprint density at radius 3 is 2.55 bits per heavy atom. The van der Waals surface area contributed by atoms with Crippen molar-refractivity contribution < 1.29 is 9.18 Å². The zero-order chi connectivity index (χ0) is 14.4. The first-order chi connectivity index (χ1) is 9.69. The summed E-state index contributed by atoms with van der Waals surface area (Å²) in [6.07, 6.45) is 0. The molecule has 0 saturated heterocycles. The fourth-order valence-electron chi connectivity index (χ4n) is 1.87. The van der Waals surface area contributed by atoms with Crippen molar-refractivity contribution in [2.45, 2.75) is 13.5 Å². The van der Waals surface area contributed by atoms with E-state index in [2.05, 4.69) is 10.6 Å². The molecular formula is C16H17FN2O. The van der Waals surface area contributed by atoms with Gasteiger partial charge in [0.25, 0.3) is 5.91 Å². The third-order valence-corrected chi connectivity index (χ3v) is 2.87. The average molecular weight is 272 g/mol. The van der Waals surface area contributed by atoms with Gasteiger partial charge < -0.3 is 10.6 Å². The molecule has 0 aliphatic rings. The van der Waals surface area contributed by atoms with Crippen LogP contribution in [0.4, 0.5) is 10.1 Å². The van der Waals surface area contributed by atoms with Crippen molar-refractivity contribution in [2.24, 2.45) is 0 Å². The Hall–Kier alpha value is -2.36. The van der Waals surface area contributed by atoms with Gasteiger partial charge in [-0.05, 0) is 48.9 Å². The van der Waals surface area contributed by atoms with Crippen LogP contribution in [-0.2, 0) is 6.54 Å². The Labute approximate surface area is 117 Å². The molecule has 0 atom stereocenters. The van der Waals surface area contributed by atoms with Crippen LogP contribution in [0.1, 0.15) is 22.8 Å². The van der Waals surface area contributed by atoms with Crippen LogP contribution in [0.3, 0.4) is 0 Å². The maximum atomic E-state index is 13.0. The topological polar surface area (TPSA) is 41.1 Å². The van der Waals surface area contributed by atoms with Crippen LogP contribution in [0.5, 0.6) is 0 Å². The summed E-state index contributed by atoms with van der Waals surface area (Å²) in [5.41, 5.74) is 2.31. The second-order valence-electron chi connectivity index (χ2n) is 4.42. The van der Waals surface area contributed by atoms with Gasteiger partial charge in [0.1, 0.15) is 5.82 Å². The van der Waals surface area contributed by atoms with Crippen LogP contribution in [0.25, 0.3) is 0 Å². The van der Waals surface area contributed by atoms with Gasteiger partial charge in [0.15, 0.2) is 0 Å². The van der Waals surface area contributed by atoms with E-state index < -0.39 is 0 Å². The number of hydrogen-bond acceptors (Lipinski definition) is 2. The molecule has 1 amide bonds. The van der Waals surface area contributed by atoms with Crippen molar-refractivity contribution in [3.8, 4) is 0 Å². The van der Waals surface area contributed by atoms with Crippen molar-refractivity contribution >= 4 is 11.6 Å². The second-order valence-corrected chi connectivity index (χ2v) is 4.42. The Morgan fingerprint density at radius 1 is 1.15 bits per heavy atom. The first-order valence-electron chi connectivity index (χ1n) is 6.55. The molecule has 20 heavy (non-hydrogen) atoms. The van der Waals surface area contributed by atoms with Crippen molar-refractivity contribution in [1.29, 1.82) is 0 Å². The number of carbonyl (C=O) groups is 1. The number of carbonyl (C=O) groups excluding carboxylic acids is 1. The SMILES string of the molecule is CCNc1ccc(C(=O)NCc2cccc(F)c2)cc1. The van der Waals surface area contributed by atoms with Gasteiger partial charge >= 0.3 is 0 Å². The van der Waals surface area contributed by atoms with E-state index in [0.717, 1.165) is 17.8 Å². The number of benzene rings is 2. The third-order valence-electron chi connectivity index (χ3n) is 2.87. The molecule has 2 rings (SSSR count). The van der Waals surface area contributed by atoms with Gasteiger partial charge in [-0.15, -0.1) is 0 Å². The average Bonchev–Trinajstić information content (AvgIpc) is 2.46. The molecule has 0 unspecified atom stereocenters. The molecule has 0 aliphatic carbocycles. The predicted molar refractivity (Wildman–Crippen MR) is 78.2 cm³/mol. The van der Waals surface area contributed by atoms with Gasteiger partial charge in [-0.2, -0.15) is 0 Å². The maximum Gasteiger partial charge on any atom is 0.251 e. The van der Waals surface area contributed by atoms with E-state index >= 15 is 0 Å². The van der Waals surface area contributed by atoms with Gasteiger partial charge in [0.05, 0.1) is 0 Å². The summed E-state index contributed by atoms with van der Waals surface area (Å²) in [4.78, 5) is 11.9. The zero-order valence-corrected chi connectivity index (χ0v) is 11.3. The Balaban J connectivity index is 1.94. The van der Waals surface area contributed by atoms with Gasteiger partial charge in [0, 0.05) is 24.3 Å². The van der Waals surface area contributed by atoms with Gasteiger partial charge in [0.2, 0.25) is 0 Å². The molecule has 0 aromatic heterocycles. The molecule has 0 heterocycles. The van der Waals surface area contributed by atoms with E-state index in [0.29, 0.717) is 12.1 Å². The highest BCUT2D eigenvalue weighted by atomic mass is 19.1. The highest BCUT2D eigenvalue weighted by Gasteiger charge is 2.05. The lowest BCUT2D eigenvalue weighted by Crippen LogP contribution is -2.22. The van der Waals surface area contributed by atoms with Crippen molar-refractivity contribution in [2.75, 3.05) is 11.9 Å². The monoisotopic (exact) mass is 272 g/mol. The first kappa shape index (κ1) is 14.1.